The number of nitrogens with one attached hydrogen (secondary N) is 2. The van der Waals surface area contributed by atoms with Crippen LogP contribution in [0.1, 0.15) is 29.9 Å². The maximum absolute atomic E-state index is 12.5. The predicted octanol–water partition coefficient (Wildman–Crippen LogP) is -2.19. The van der Waals surface area contributed by atoms with Gasteiger partial charge >= 0.3 is 11.7 Å². The SMILES string of the molecule is CC(=O)O[C@@H]1CC(n2cc(C(=O)NCCN3CCOCC3)c(=O)[nH]c2=O)OC1CO. The van der Waals surface area contributed by atoms with Crippen LogP contribution in [-0.2, 0) is 19.0 Å². The van der Waals surface area contributed by atoms with E-state index in [0.717, 1.165) is 23.9 Å². The van der Waals surface area contributed by atoms with Gasteiger partial charge in [-0.15, -0.1) is 0 Å². The third-order valence-corrected chi connectivity index (χ3v) is 5.02. The van der Waals surface area contributed by atoms with Crippen molar-refractivity contribution in [2.75, 3.05) is 46.0 Å². The summed E-state index contributed by atoms with van der Waals surface area (Å²) < 4.78 is 17.0. The number of nitrogens with zero attached hydrogens (tertiary/aromatic N) is 2. The first kappa shape index (κ1) is 22.2. The summed E-state index contributed by atoms with van der Waals surface area (Å²) in [7, 11) is 0. The van der Waals surface area contributed by atoms with E-state index < -0.39 is 48.2 Å². The van der Waals surface area contributed by atoms with Gasteiger partial charge < -0.3 is 24.6 Å². The molecule has 2 saturated heterocycles. The lowest BCUT2D eigenvalue weighted by Gasteiger charge is -2.26. The number of aliphatic hydroxyl groups excluding tert-OH is 1. The van der Waals surface area contributed by atoms with E-state index in [1.54, 1.807) is 0 Å². The van der Waals surface area contributed by atoms with Gasteiger partial charge in [0.25, 0.3) is 11.5 Å². The maximum Gasteiger partial charge on any atom is 0.330 e. The largest absolute Gasteiger partial charge is 0.460 e. The van der Waals surface area contributed by atoms with E-state index in [-0.39, 0.29) is 12.0 Å². The highest BCUT2D eigenvalue weighted by Gasteiger charge is 2.38. The number of rotatable bonds is 7. The minimum absolute atomic E-state index is 0.0921. The number of aromatic amines is 1. The second kappa shape index (κ2) is 9.98. The zero-order valence-corrected chi connectivity index (χ0v) is 16.7. The van der Waals surface area contributed by atoms with Crippen LogP contribution in [0.2, 0.25) is 0 Å². The van der Waals surface area contributed by atoms with Gasteiger partial charge in [0.1, 0.15) is 24.0 Å². The zero-order chi connectivity index (χ0) is 21.7. The molecule has 2 fully saturated rings. The lowest BCUT2D eigenvalue weighted by Crippen LogP contribution is -2.43. The summed E-state index contributed by atoms with van der Waals surface area (Å²) in [4.78, 5) is 52.3. The number of aromatic nitrogens is 2. The Hall–Kier alpha value is -2.54. The standard InChI is InChI=1S/C18H26N4O8/c1-11(24)29-13-8-15(30-14(13)10-23)22-9-12(17(26)20-18(22)27)16(25)19-2-3-21-4-6-28-7-5-21/h9,13-15,23H,2-8,10H2,1H3,(H,19,25)(H,20,26,27)/t13-,14?,15?/m1/s1. The number of H-pyrrole nitrogens is 1. The van der Waals surface area contributed by atoms with Crippen LogP contribution in [0.3, 0.4) is 0 Å². The molecule has 0 aromatic carbocycles. The third kappa shape index (κ3) is 5.33. The topological polar surface area (TPSA) is 152 Å². The van der Waals surface area contributed by atoms with E-state index in [4.69, 9.17) is 14.2 Å². The molecule has 1 aromatic heterocycles. The first-order valence-corrected chi connectivity index (χ1v) is 9.76. The lowest BCUT2D eigenvalue weighted by molar-refractivity contribution is -0.150. The van der Waals surface area contributed by atoms with Gasteiger partial charge in [0.2, 0.25) is 0 Å². The monoisotopic (exact) mass is 426 g/mol. The Kier molecular flexibility index (Phi) is 7.37. The molecule has 3 atom stereocenters. The summed E-state index contributed by atoms with van der Waals surface area (Å²) in [6.45, 7) is 4.59. The molecule has 0 aliphatic carbocycles. The number of amides is 1. The van der Waals surface area contributed by atoms with Crippen molar-refractivity contribution in [3.63, 3.8) is 0 Å². The molecule has 1 amide bonds. The highest BCUT2D eigenvalue weighted by molar-refractivity contribution is 5.93. The van der Waals surface area contributed by atoms with E-state index in [9.17, 15) is 24.3 Å². The molecular weight excluding hydrogens is 400 g/mol. The molecule has 0 spiro atoms. The average molecular weight is 426 g/mol. The van der Waals surface area contributed by atoms with E-state index in [1.165, 1.54) is 6.92 Å². The molecule has 2 unspecified atom stereocenters. The molecule has 30 heavy (non-hydrogen) atoms. The molecule has 2 aliphatic heterocycles. The van der Waals surface area contributed by atoms with Crippen molar-refractivity contribution in [1.29, 1.82) is 0 Å². The Balaban J connectivity index is 1.69. The van der Waals surface area contributed by atoms with Crippen molar-refractivity contribution < 1.29 is 28.9 Å². The molecule has 0 saturated carbocycles. The lowest BCUT2D eigenvalue weighted by atomic mass is 10.2. The van der Waals surface area contributed by atoms with Crippen LogP contribution in [0.4, 0.5) is 0 Å². The number of esters is 1. The van der Waals surface area contributed by atoms with Gasteiger partial charge in [-0.2, -0.15) is 0 Å². The van der Waals surface area contributed by atoms with Crippen LogP contribution in [0.25, 0.3) is 0 Å². The normalized spacial score (nSPS) is 24.5. The molecule has 12 heteroatoms. The van der Waals surface area contributed by atoms with Gasteiger partial charge in [0, 0.05) is 45.7 Å². The van der Waals surface area contributed by atoms with Crippen LogP contribution >= 0.6 is 0 Å². The van der Waals surface area contributed by atoms with Gasteiger partial charge in [-0.1, -0.05) is 0 Å². The fourth-order valence-electron chi connectivity index (χ4n) is 3.48. The Morgan fingerprint density at radius 3 is 2.73 bits per heavy atom. The van der Waals surface area contributed by atoms with E-state index in [0.29, 0.717) is 26.3 Å². The van der Waals surface area contributed by atoms with Gasteiger partial charge in [-0.25, -0.2) is 4.79 Å². The van der Waals surface area contributed by atoms with E-state index >= 15 is 0 Å². The highest BCUT2D eigenvalue weighted by atomic mass is 16.6. The first-order valence-electron chi connectivity index (χ1n) is 9.76. The van der Waals surface area contributed by atoms with Crippen LogP contribution in [-0.4, -0.2) is 89.6 Å². The number of aliphatic hydroxyl groups is 1. The van der Waals surface area contributed by atoms with Crippen molar-refractivity contribution in [2.45, 2.75) is 31.8 Å². The van der Waals surface area contributed by atoms with Crippen molar-refractivity contribution in [3.8, 4) is 0 Å². The fourth-order valence-corrected chi connectivity index (χ4v) is 3.48. The van der Waals surface area contributed by atoms with Crippen molar-refractivity contribution in [1.82, 2.24) is 19.8 Å². The third-order valence-electron chi connectivity index (χ3n) is 5.02. The molecule has 12 nitrogen and oxygen atoms in total. The predicted molar refractivity (Wildman–Crippen MR) is 102 cm³/mol. The van der Waals surface area contributed by atoms with Crippen molar-refractivity contribution >= 4 is 11.9 Å². The second-order valence-corrected chi connectivity index (χ2v) is 7.11. The molecular formula is C18H26N4O8. The minimum Gasteiger partial charge on any atom is -0.460 e. The van der Waals surface area contributed by atoms with Gasteiger partial charge in [0.15, 0.2) is 0 Å². The summed E-state index contributed by atoms with van der Waals surface area (Å²) >= 11 is 0. The van der Waals surface area contributed by atoms with Crippen LogP contribution < -0.4 is 16.6 Å². The van der Waals surface area contributed by atoms with Crippen LogP contribution in [0.15, 0.2) is 15.8 Å². The summed E-state index contributed by atoms with van der Waals surface area (Å²) in [5, 5.41) is 12.1. The van der Waals surface area contributed by atoms with Crippen molar-refractivity contribution in [3.05, 3.63) is 32.6 Å². The molecule has 3 rings (SSSR count). The molecule has 3 heterocycles. The van der Waals surface area contributed by atoms with E-state index in [2.05, 4.69) is 15.2 Å². The second-order valence-electron chi connectivity index (χ2n) is 7.11. The van der Waals surface area contributed by atoms with Crippen molar-refractivity contribution in [2.24, 2.45) is 0 Å². The zero-order valence-electron chi connectivity index (χ0n) is 16.7. The van der Waals surface area contributed by atoms with Gasteiger partial charge in [-0.3, -0.25) is 28.8 Å². The van der Waals surface area contributed by atoms with Crippen LogP contribution in [0, 0.1) is 0 Å². The number of morpholine rings is 1. The Morgan fingerprint density at radius 1 is 1.33 bits per heavy atom. The molecule has 2 aliphatic rings. The molecule has 0 radical (unpaired) electrons. The number of ether oxygens (including phenoxy) is 3. The molecule has 3 N–H and O–H groups in total. The first-order chi connectivity index (χ1) is 14.4. The van der Waals surface area contributed by atoms with Gasteiger partial charge in [0.05, 0.1) is 19.8 Å². The highest BCUT2D eigenvalue weighted by Crippen LogP contribution is 2.29. The van der Waals surface area contributed by atoms with Gasteiger partial charge in [-0.05, 0) is 0 Å². The smallest absolute Gasteiger partial charge is 0.330 e. The molecule has 1 aromatic rings. The average Bonchev–Trinajstić information content (AvgIpc) is 3.10. The summed E-state index contributed by atoms with van der Waals surface area (Å²) in [6, 6.07) is 0. The summed E-state index contributed by atoms with van der Waals surface area (Å²) in [6.07, 6.45) is -1.25. The fraction of sp³-hybridized carbons (Fsp3) is 0.667. The maximum atomic E-state index is 12.5. The quantitative estimate of drug-likeness (QED) is 0.413. The minimum atomic E-state index is -0.907. The number of hydrogen-bond acceptors (Lipinski definition) is 9. The summed E-state index contributed by atoms with van der Waals surface area (Å²) in [5.74, 6) is -1.16. The summed E-state index contributed by atoms with van der Waals surface area (Å²) in [5.41, 5.74) is -1.82. The Bertz CT molecular complexity index is 876. The molecule has 0 bridgehead atoms. The Labute approximate surface area is 171 Å². The van der Waals surface area contributed by atoms with Crippen LogP contribution in [0.5, 0.6) is 0 Å². The number of carbonyl (C=O) groups is 2. The Morgan fingerprint density at radius 2 is 2.07 bits per heavy atom. The van der Waals surface area contributed by atoms with E-state index in [1.807, 2.05) is 0 Å². The molecule has 166 valence electrons. The number of carbonyl (C=O) groups excluding carboxylic acids is 2. The number of hydrogen-bond donors (Lipinski definition) is 3.